The molecule has 0 radical (unpaired) electrons. The Morgan fingerprint density at radius 1 is 1.26 bits per heavy atom. The molecule has 2 heterocycles. The quantitative estimate of drug-likeness (QED) is 0.437. The second-order valence-electron chi connectivity index (χ2n) is 4.70. The maximum absolute atomic E-state index is 12.2. The summed E-state index contributed by atoms with van der Waals surface area (Å²) >= 11 is 8.40. The molecule has 0 atom stereocenters. The summed E-state index contributed by atoms with van der Waals surface area (Å²) < 4.78 is 17.0. The van der Waals surface area contributed by atoms with Crippen LogP contribution in [0.3, 0.4) is 0 Å². The lowest BCUT2D eigenvalue weighted by molar-refractivity contribution is -0.167. The highest BCUT2D eigenvalue weighted by Gasteiger charge is 2.53. The van der Waals surface area contributed by atoms with E-state index < -0.39 is 23.5 Å². The van der Waals surface area contributed by atoms with Crippen LogP contribution in [0.5, 0.6) is 0 Å². The second kappa shape index (κ2) is 8.02. The molecule has 1 aliphatic heterocycles. The van der Waals surface area contributed by atoms with Crippen LogP contribution in [0.1, 0.15) is 0 Å². The third-order valence-electron chi connectivity index (χ3n) is 3.27. The first-order valence-electron chi connectivity index (χ1n) is 6.56. The lowest BCUT2D eigenvalue weighted by Crippen LogP contribution is -2.56. The number of carbonyl (C=O) groups is 2. The van der Waals surface area contributed by atoms with Gasteiger partial charge in [-0.3, -0.25) is 14.2 Å². The summed E-state index contributed by atoms with van der Waals surface area (Å²) in [5.41, 5.74) is -1.13. The SMILES string of the molecule is COC(=O)C(C(=O)OC)C1(OC(=S)n2ccnc2)CSCSC1. The number of rotatable bonds is 4. The van der Waals surface area contributed by atoms with Crippen LogP contribution in [-0.2, 0) is 23.8 Å². The third-order valence-corrected chi connectivity index (χ3v) is 6.28. The zero-order valence-corrected chi connectivity index (χ0v) is 15.0. The molecular weight excluding hydrogens is 360 g/mol. The molecule has 1 aromatic rings. The summed E-state index contributed by atoms with van der Waals surface area (Å²) in [6, 6.07) is 0. The topological polar surface area (TPSA) is 79.7 Å². The van der Waals surface area contributed by atoms with Gasteiger partial charge in [0.1, 0.15) is 6.33 Å². The van der Waals surface area contributed by atoms with Crippen molar-refractivity contribution in [2.45, 2.75) is 5.60 Å². The van der Waals surface area contributed by atoms with Crippen molar-refractivity contribution < 1.29 is 23.8 Å². The minimum Gasteiger partial charge on any atom is -0.468 e. The fourth-order valence-electron chi connectivity index (χ4n) is 2.17. The number of methoxy groups -OCH3 is 2. The Balaban J connectivity index is 2.34. The molecule has 126 valence electrons. The molecule has 2 rings (SSSR count). The van der Waals surface area contributed by atoms with Gasteiger partial charge < -0.3 is 14.2 Å². The van der Waals surface area contributed by atoms with Crippen LogP contribution >= 0.6 is 35.7 Å². The number of imidazole rings is 1. The fourth-order valence-corrected chi connectivity index (χ4v) is 5.06. The van der Waals surface area contributed by atoms with Crippen molar-refractivity contribution in [3.63, 3.8) is 0 Å². The molecule has 1 fully saturated rings. The average Bonchev–Trinajstić information content (AvgIpc) is 3.10. The number of hydrogen-bond acceptors (Lipinski definition) is 9. The van der Waals surface area contributed by atoms with Crippen molar-refractivity contribution >= 4 is 52.9 Å². The number of hydrogen-bond donors (Lipinski definition) is 0. The largest absolute Gasteiger partial charge is 0.468 e. The number of esters is 2. The Morgan fingerprint density at radius 3 is 2.35 bits per heavy atom. The number of nitrogens with zero attached hydrogens (tertiary/aromatic N) is 2. The summed E-state index contributed by atoms with van der Waals surface area (Å²) in [5.74, 6) is -1.77. The fraction of sp³-hybridized carbons (Fsp3) is 0.538. The summed E-state index contributed by atoms with van der Waals surface area (Å²) in [7, 11) is 2.45. The molecule has 0 amide bonds. The molecule has 1 aliphatic rings. The molecule has 0 unspecified atom stereocenters. The normalized spacial score (nSPS) is 16.7. The van der Waals surface area contributed by atoms with Gasteiger partial charge >= 0.3 is 11.9 Å². The van der Waals surface area contributed by atoms with Crippen LogP contribution < -0.4 is 0 Å². The van der Waals surface area contributed by atoms with Crippen molar-refractivity contribution in [3.8, 4) is 0 Å². The molecule has 1 saturated heterocycles. The highest BCUT2D eigenvalue weighted by Crippen LogP contribution is 2.38. The molecule has 0 aliphatic carbocycles. The second-order valence-corrected chi connectivity index (χ2v) is 7.38. The number of aromatic nitrogens is 2. The van der Waals surface area contributed by atoms with Gasteiger partial charge in [-0.25, -0.2) is 4.98 Å². The lowest BCUT2D eigenvalue weighted by Gasteiger charge is -2.39. The standard InChI is InChI=1S/C13H16N2O5S3/c1-18-10(16)9(11(17)19-2)13(5-22-8-23-6-13)20-12(21)15-4-3-14-7-15/h3-4,7,9H,5-6,8H2,1-2H3. The molecule has 23 heavy (non-hydrogen) atoms. The van der Waals surface area contributed by atoms with E-state index in [1.54, 1.807) is 35.9 Å². The van der Waals surface area contributed by atoms with E-state index in [1.807, 2.05) is 0 Å². The number of thioether (sulfide) groups is 2. The van der Waals surface area contributed by atoms with Gasteiger partial charge in [0.25, 0.3) is 5.17 Å². The van der Waals surface area contributed by atoms with Crippen molar-refractivity contribution in [3.05, 3.63) is 18.7 Å². The molecule has 0 bridgehead atoms. The van der Waals surface area contributed by atoms with Crippen LogP contribution in [0.25, 0.3) is 0 Å². The van der Waals surface area contributed by atoms with Crippen molar-refractivity contribution in [2.75, 3.05) is 30.8 Å². The maximum atomic E-state index is 12.2. The summed E-state index contributed by atoms with van der Waals surface area (Å²) in [4.78, 5) is 28.3. The van der Waals surface area contributed by atoms with E-state index in [0.717, 1.165) is 5.08 Å². The predicted octanol–water partition coefficient (Wildman–Crippen LogP) is 1.17. The van der Waals surface area contributed by atoms with Crippen LogP contribution in [0, 0.1) is 5.92 Å². The maximum Gasteiger partial charge on any atom is 0.324 e. The van der Waals surface area contributed by atoms with Crippen LogP contribution in [0.2, 0.25) is 0 Å². The monoisotopic (exact) mass is 376 g/mol. The summed E-state index contributed by atoms with van der Waals surface area (Å²) in [5, 5.41) is 0.960. The van der Waals surface area contributed by atoms with Gasteiger partial charge in [-0.05, 0) is 12.2 Å². The first-order valence-corrected chi connectivity index (χ1v) is 9.28. The first-order chi connectivity index (χ1) is 11.0. The highest BCUT2D eigenvalue weighted by atomic mass is 32.2. The van der Waals surface area contributed by atoms with Gasteiger partial charge in [0, 0.05) is 29.0 Å². The summed E-state index contributed by atoms with van der Waals surface area (Å²) in [6.45, 7) is 0. The van der Waals surface area contributed by atoms with E-state index in [0.29, 0.717) is 11.5 Å². The Labute approximate surface area is 147 Å². The number of carbonyl (C=O) groups excluding carboxylic acids is 2. The van der Waals surface area contributed by atoms with E-state index in [-0.39, 0.29) is 5.17 Å². The smallest absolute Gasteiger partial charge is 0.324 e. The van der Waals surface area contributed by atoms with E-state index >= 15 is 0 Å². The summed E-state index contributed by atoms with van der Waals surface area (Å²) in [6.07, 6.45) is 4.68. The molecule has 0 saturated carbocycles. The number of thiocarbonyl (C=S) groups is 1. The van der Waals surface area contributed by atoms with Crippen molar-refractivity contribution in [2.24, 2.45) is 5.92 Å². The molecule has 0 N–H and O–H groups in total. The van der Waals surface area contributed by atoms with Gasteiger partial charge in [-0.15, -0.1) is 23.5 Å². The first kappa shape index (κ1) is 18.1. The zero-order chi connectivity index (χ0) is 16.9. The average molecular weight is 376 g/mol. The number of ether oxygens (including phenoxy) is 3. The molecule has 1 aromatic heterocycles. The Hall–Kier alpha value is -1.26. The van der Waals surface area contributed by atoms with E-state index in [9.17, 15) is 9.59 Å². The lowest BCUT2D eigenvalue weighted by atomic mass is 9.90. The van der Waals surface area contributed by atoms with E-state index in [2.05, 4.69) is 4.98 Å². The minimum absolute atomic E-state index is 0.114. The highest BCUT2D eigenvalue weighted by molar-refractivity contribution is 8.16. The molecular formula is C13H16N2O5S3. The van der Waals surface area contributed by atoms with Crippen molar-refractivity contribution in [1.29, 1.82) is 0 Å². The zero-order valence-electron chi connectivity index (χ0n) is 12.6. The third kappa shape index (κ3) is 3.99. The minimum atomic E-state index is -1.21. The van der Waals surface area contributed by atoms with Gasteiger partial charge in [-0.2, -0.15) is 0 Å². The van der Waals surface area contributed by atoms with Crippen LogP contribution in [-0.4, -0.2) is 63.1 Å². The van der Waals surface area contributed by atoms with Gasteiger partial charge in [0.15, 0.2) is 11.5 Å². The molecule has 7 nitrogen and oxygen atoms in total. The van der Waals surface area contributed by atoms with Crippen LogP contribution in [0.4, 0.5) is 0 Å². The van der Waals surface area contributed by atoms with E-state index in [4.69, 9.17) is 26.4 Å². The van der Waals surface area contributed by atoms with Crippen molar-refractivity contribution in [1.82, 2.24) is 9.55 Å². The molecule has 0 aromatic carbocycles. The van der Waals surface area contributed by atoms with Crippen LogP contribution in [0.15, 0.2) is 18.7 Å². The Bertz CT molecular complexity index is 556. The predicted molar refractivity (Wildman–Crippen MR) is 91.3 cm³/mol. The van der Waals surface area contributed by atoms with E-state index in [1.165, 1.54) is 25.1 Å². The van der Waals surface area contributed by atoms with Gasteiger partial charge in [0.05, 0.1) is 14.2 Å². The Kier molecular flexibility index (Phi) is 6.31. The van der Waals surface area contributed by atoms with Gasteiger partial charge in [-0.1, -0.05) is 0 Å². The van der Waals surface area contributed by atoms with Gasteiger partial charge in [0.2, 0.25) is 0 Å². The molecule has 0 spiro atoms. The Morgan fingerprint density at radius 2 is 1.87 bits per heavy atom. The molecule has 10 heteroatoms.